The van der Waals surface area contributed by atoms with Gasteiger partial charge in [0.2, 0.25) is 0 Å². The van der Waals surface area contributed by atoms with Gasteiger partial charge in [0.25, 0.3) is 5.91 Å². The second-order valence-corrected chi connectivity index (χ2v) is 7.26. The molecule has 0 fully saturated rings. The third-order valence-electron chi connectivity index (χ3n) is 3.82. The molecule has 2 aromatic rings. The van der Waals surface area contributed by atoms with Crippen LogP contribution in [-0.2, 0) is 11.2 Å². The molecule has 2 aromatic carbocycles. The number of hydrogen-bond acceptors (Lipinski definition) is 4. The molecule has 0 aliphatic carbocycles. The topological polar surface area (TPSA) is 56.8 Å². The highest BCUT2D eigenvalue weighted by molar-refractivity contribution is 9.10. The normalized spacial score (nSPS) is 15.2. The van der Waals surface area contributed by atoms with Crippen molar-refractivity contribution in [3.05, 3.63) is 45.4 Å². The third kappa shape index (κ3) is 4.43. The summed E-state index contributed by atoms with van der Waals surface area (Å²) in [5.41, 5.74) is 1.65. The number of rotatable bonds is 6. The van der Waals surface area contributed by atoms with Crippen molar-refractivity contribution in [1.29, 1.82) is 0 Å². The lowest BCUT2D eigenvalue weighted by molar-refractivity contribution is -0.118. The standard InChI is InChI=1S/C19H19BrClNO4/c1-3-24-18-7-12-6-11(2)26-17(12)9-15(18)22-19(23)10-25-16-5-4-13(20)8-14(16)21/h4-5,7-9,11H,3,6,10H2,1-2H3,(H,22,23)/t11-/m0/s1. The highest BCUT2D eigenvalue weighted by atomic mass is 79.9. The van der Waals surface area contributed by atoms with Crippen LogP contribution in [0.15, 0.2) is 34.8 Å². The van der Waals surface area contributed by atoms with Gasteiger partial charge in [0.15, 0.2) is 6.61 Å². The van der Waals surface area contributed by atoms with Crippen LogP contribution in [0.5, 0.6) is 17.2 Å². The van der Waals surface area contributed by atoms with E-state index in [1.165, 1.54) is 0 Å². The summed E-state index contributed by atoms with van der Waals surface area (Å²) in [6.45, 7) is 4.25. The van der Waals surface area contributed by atoms with Crippen molar-refractivity contribution in [2.45, 2.75) is 26.4 Å². The predicted octanol–water partition coefficient (Wildman–Crippen LogP) is 4.84. The molecule has 0 saturated carbocycles. The van der Waals surface area contributed by atoms with Gasteiger partial charge in [-0.3, -0.25) is 4.79 Å². The SMILES string of the molecule is CCOc1cc2c(cc1NC(=O)COc1ccc(Br)cc1Cl)O[C@@H](C)C2. The number of nitrogens with one attached hydrogen (secondary N) is 1. The van der Waals surface area contributed by atoms with Crippen LogP contribution in [0, 0.1) is 0 Å². The predicted molar refractivity (Wildman–Crippen MR) is 105 cm³/mol. The molecule has 138 valence electrons. The Hall–Kier alpha value is -1.92. The van der Waals surface area contributed by atoms with Crippen molar-refractivity contribution in [3.8, 4) is 17.2 Å². The molecule has 1 aliphatic heterocycles. The summed E-state index contributed by atoms with van der Waals surface area (Å²) in [6.07, 6.45) is 0.947. The molecule has 1 aliphatic rings. The van der Waals surface area contributed by atoms with E-state index in [2.05, 4.69) is 21.2 Å². The largest absolute Gasteiger partial charge is 0.492 e. The maximum absolute atomic E-state index is 12.3. The van der Waals surface area contributed by atoms with Crippen LogP contribution < -0.4 is 19.5 Å². The van der Waals surface area contributed by atoms with Crippen LogP contribution in [0.25, 0.3) is 0 Å². The van der Waals surface area contributed by atoms with E-state index < -0.39 is 0 Å². The summed E-state index contributed by atoms with van der Waals surface area (Å²) in [5, 5.41) is 3.25. The molecule has 3 rings (SSSR count). The molecular formula is C19H19BrClNO4. The number of amides is 1. The molecule has 0 unspecified atom stereocenters. The van der Waals surface area contributed by atoms with E-state index in [9.17, 15) is 4.79 Å². The van der Waals surface area contributed by atoms with E-state index in [-0.39, 0.29) is 18.6 Å². The fourth-order valence-corrected chi connectivity index (χ4v) is 3.46. The summed E-state index contributed by atoms with van der Waals surface area (Å²) < 4.78 is 17.8. The van der Waals surface area contributed by atoms with E-state index in [1.54, 1.807) is 24.3 Å². The summed E-state index contributed by atoms with van der Waals surface area (Å²) >= 11 is 9.42. The first kappa shape index (κ1) is 18.9. The number of halogens is 2. The molecule has 7 heteroatoms. The monoisotopic (exact) mass is 439 g/mol. The molecule has 0 saturated heterocycles. The van der Waals surface area contributed by atoms with Gasteiger partial charge in [-0.1, -0.05) is 27.5 Å². The van der Waals surface area contributed by atoms with Gasteiger partial charge in [0, 0.05) is 22.5 Å². The zero-order valence-electron chi connectivity index (χ0n) is 14.5. The molecule has 0 aromatic heterocycles. The molecule has 26 heavy (non-hydrogen) atoms. The van der Waals surface area contributed by atoms with Crippen LogP contribution in [0.2, 0.25) is 5.02 Å². The summed E-state index contributed by atoms with van der Waals surface area (Å²) in [4.78, 5) is 12.3. The summed E-state index contributed by atoms with van der Waals surface area (Å²) in [7, 11) is 0. The number of fused-ring (bicyclic) bond motifs is 1. The molecule has 0 radical (unpaired) electrons. The number of benzene rings is 2. The molecule has 0 spiro atoms. The van der Waals surface area contributed by atoms with E-state index >= 15 is 0 Å². The van der Waals surface area contributed by atoms with Gasteiger partial charge >= 0.3 is 0 Å². The van der Waals surface area contributed by atoms with Crippen LogP contribution >= 0.6 is 27.5 Å². The maximum Gasteiger partial charge on any atom is 0.262 e. The maximum atomic E-state index is 12.3. The van der Waals surface area contributed by atoms with Crippen LogP contribution in [0.4, 0.5) is 5.69 Å². The van der Waals surface area contributed by atoms with Gasteiger partial charge in [-0.05, 0) is 38.1 Å². The minimum Gasteiger partial charge on any atom is -0.492 e. The zero-order chi connectivity index (χ0) is 18.7. The molecule has 5 nitrogen and oxygen atoms in total. The smallest absolute Gasteiger partial charge is 0.262 e. The Balaban J connectivity index is 1.69. The molecule has 1 atom stereocenters. The second kappa shape index (κ2) is 8.18. The Morgan fingerprint density at radius 2 is 2.12 bits per heavy atom. The summed E-state index contributed by atoms with van der Waals surface area (Å²) in [5.74, 6) is 1.53. The first-order valence-electron chi connectivity index (χ1n) is 8.30. The van der Waals surface area contributed by atoms with Crippen molar-refractivity contribution in [2.24, 2.45) is 0 Å². The lowest BCUT2D eigenvalue weighted by Crippen LogP contribution is -2.20. The first-order valence-corrected chi connectivity index (χ1v) is 9.47. The van der Waals surface area contributed by atoms with Crippen molar-refractivity contribution in [3.63, 3.8) is 0 Å². The quantitative estimate of drug-likeness (QED) is 0.698. The molecule has 1 amide bonds. The fourth-order valence-electron chi connectivity index (χ4n) is 2.73. The minimum atomic E-state index is -0.309. The number of anilines is 1. The van der Waals surface area contributed by atoms with Gasteiger partial charge in [0.05, 0.1) is 17.3 Å². The number of hydrogen-bond donors (Lipinski definition) is 1. The average Bonchev–Trinajstić information content (AvgIpc) is 2.93. The Morgan fingerprint density at radius 1 is 1.31 bits per heavy atom. The minimum absolute atomic E-state index is 0.119. The van der Waals surface area contributed by atoms with E-state index in [4.69, 9.17) is 25.8 Å². The Morgan fingerprint density at radius 3 is 2.85 bits per heavy atom. The molecule has 0 bridgehead atoms. The van der Waals surface area contributed by atoms with Gasteiger partial charge in [-0.2, -0.15) is 0 Å². The van der Waals surface area contributed by atoms with E-state index in [0.717, 1.165) is 22.2 Å². The Kier molecular flexibility index (Phi) is 5.94. The molecular weight excluding hydrogens is 422 g/mol. The molecule has 1 N–H and O–H groups in total. The lowest BCUT2D eigenvalue weighted by atomic mass is 10.1. The second-order valence-electron chi connectivity index (χ2n) is 5.93. The summed E-state index contributed by atoms with van der Waals surface area (Å²) in [6, 6.07) is 8.93. The van der Waals surface area contributed by atoms with Gasteiger partial charge < -0.3 is 19.5 Å². The molecule has 1 heterocycles. The highest BCUT2D eigenvalue weighted by Crippen LogP contribution is 2.38. The Bertz CT molecular complexity index is 827. The van der Waals surface area contributed by atoms with Crippen molar-refractivity contribution >= 4 is 39.1 Å². The van der Waals surface area contributed by atoms with Gasteiger partial charge in [0.1, 0.15) is 23.4 Å². The zero-order valence-corrected chi connectivity index (χ0v) is 16.8. The van der Waals surface area contributed by atoms with Gasteiger partial charge in [-0.25, -0.2) is 0 Å². The number of carbonyl (C=O) groups excluding carboxylic acids is 1. The lowest BCUT2D eigenvalue weighted by Gasteiger charge is -2.14. The highest BCUT2D eigenvalue weighted by Gasteiger charge is 2.22. The van der Waals surface area contributed by atoms with Crippen LogP contribution in [0.3, 0.4) is 0 Å². The van der Waals surface area contributed by atoms with Crippen LogP contribution in [-0.4, -0.2) is 25.2 Å². The average molecular weight is 441 g/mol. The Labute approximate surface area is 165 Å². The van der Waals surface area contributed by atoms with Gasteiger partial charge in [-0.15, -0.1) is 0 Å². The van der Waals surface area contributed by atoms with E-state index in [1.807, 2.05) is 19.9 Å². The van der Waals surface area contributed by atoms with E-state index in [0.29, 0.717) is 28.8 Å². The fraction of sp³-hybridized carbons (Fsp3) is 0.316. The van der Waals surface area contributed by atoms with Crippen molar-refractivity contribution in [1.82, 2.24) is 0 Å². The number of ether oxygens (including phenoxy) is 3. The van der Waals surface area contributed by atoms with Crippen molar-refractivity contribution in [2.75, 3.05) is 18.5 Å². The van der Waals surface area contributed by atoms with Crippen molar-refractivity contribution < 1.29 is 19.0 Å². The third-order valence-corrected chi connectivity index (χ3v) is 4.61. The number of carbonyl (C=O) groups is 1. The van der Waals surface area contributed by atoms with Crippen LogP contribution in [0.1, 0.15) is 19.4 Å². The first-order chi connectivity index (χ1) is 12.5.